The third-order valence-corrected chi connectivity index (χ3v) is 3.57. The van der Waals surface area contributed by atoms with Gasteiger partial charge in [-0.25, -0.2) is 4.98 Å². The van der Waals surface area contributed by atoms with Gasteiger partial charge < -0.3 is 14.2 Å². The first kappa shape index (κ1) is 19.6. The lowest BCUT2D eigenvalue weighted by molar-refractivity contribution is -0.137. The van der Waals surface area contributed by atoms with Crippen LogP contribution in [0.1, 0.15) is 11.1 Å². The van der Waals surface area contributed by atoms with Crippen LogP contribution in [-0.4, -0.2) is 32.5 Å². The van der Waals surface area contributed by atoms with Gasteiger partial charge in [0, 0.05) is 11.8 Å². The van der Waals surface area contributed by atoms with Crippen LogP contribution in [0.25, 0.3) is 0 Å². The highest BCUT2D eigenvalue weighted by molar-refractivity contribution is 6.32. The lowest BCUT2D eigenvalue weighted by Crippen LogP contribution is -2.06. The van der Waals surface area contributed by atoms with Crippen LogP contribution in [0.3, 0.4) is 0 Å². The molecule has 0 aliphatic heterocycles. The molecular formula is C16H15ClF3N3O3. The maximum Gasteiger partial charge on any atom is 0.417 e. The Labute approximate surface area is 152 Å². The van der Waals surface area contributed by atoms with Gasteiger partial charge >= 0.3 is 6.18 Å². The SMILES string of the molecule is COc1ccc(C=NNc2ncc(C(F)(F)F)cc2Cl)c(OC)c1OC. The van der Waals surface area contributed by atoms with Gasteiger partial charge in [0.15, 0.2) is 17.3 Å². The average Bonchev–Trinajstić information content (AvgIpc) is 2.61. The Bertz CT molecular complexity index is 813. The summed E-state index contributed by atoms with van der Waals surface area (Å²) >= 11 is 5.80. The van der Waals surface area contributed by atoms with Gasteiger partial charge in [-0.05, 0) is 18.2 Å². The van der Waals surface area contributed by atoms with Gasteiger partial charge in [-0.2, -0.15) is 18.3 Å². The van der Waals surface area contributed by atoms with Crippen LogP contribution in [0.5, 0.6) is 17.2 Å². The molecule has 0 atom stereocenters. The quantitative estimate of drug-likeness (QED) is 0.591. The second kappa shape index (κ2) is 8.13. The molecule has 1 aromatic carbocycles. The minimum atomic E-state index is -4.52. The molecule has 1 aromatic heterocycles. The molecule has 0 aliphatic carbocycles. The summed E-state index contributed by atoms with van der Waals surface area (Å²) in [6.45, 7) is 0. The highest BCUT2D eigenvalue weighted by Crippen LogP contribution is 2.39. The summed E-state index contributed by atoms with van der Waals surface area (Å²) in [6.07, 6.45) is -2.47. The molecule has 0 spiro atoms. The van der Waals surface area contributed by atoms with Crippen molar-refractivity contribution >= 4 is 23.6 Å². The maximum absolute atomic E-state index is 12.6. The predicted molar refractivity (Wildman–Crippen MR) is 91.6 cm³/mol. The van der Waals surface area contributed by atoms with Gasteiger partial charge in [0.25, 0.3) is 0 Å². The lowest BCUT2D eigenvalue weighted by Gasteiger charge is -2.13. The molecule has 2 rings (SSSR count). The van der Waals surface area contributed by atoms with Gasteiger partial charge in [0.05, 0.1) is 38.1 Å². The fourth-order valence-electron chi connectivity index (χ4n) is 2.06. The van der Waals surface area contributed by atoms with E-state index in [0.717, 1.165) is 6.07 Å². The Morgan fingerprint density at radius 3 is 2.35 bits per heavy atom. The molecule has 0 bridgehead atoms. The van der Waals surface area contributed by atoms with Crippen molar-refractivity contribution in [2.24, 2.45) is 5.10 Å². The number of alkyl halides is 3. The van der Waals surface area contributed by atoms with Crippen LogP contribution in [0.15, 0.2) is 29.5 Å². The Morgan fingerprint density at radius 1 is 1.12 bits per heavy atom. The molecule has 0 saturated carbocycles. The van der Waals surface area contributed by atoms with Gasteiger partial charge in [0.2, 0.25) is 5.75 Å². The van der Waals surface area contributed by atoms with Gasteiger partial charge in [-0.3, -0.25) is 5.43 Å². The number of pyridine rings is 1. The average molecular weight is 390 g/mol. The van der Waals surface area contributed by atoms with Crippen LogP contribution in [0.2, 0.25) is 5.02 Å². The Hall–Kier alpha value is -2.68. The minimum absolute atomic E-state index is 0.0182. The standard InChI is InChI=1S/C16H15ClF3N3O3/c1-24-12-5-4-9(13(25-2)14(12)26-3)7-22-23-15-11(17)6-10(8-21-15)16(18,19)20/h4-8H,1-3H3,(H,21,23). The fourth-order valence-corrected chi connectivity index (χ4v) is 2.27. The van der Waals surface area contributed by atoms with Gasteiger partial charge in [-0.1, -0.05) is 11.6 Å². The van der Waals surface area contributed by atoms with Gasteiger partial charge in [-0.15, -0.1) is 0 Å². The van der Waals surface area contributed by atoms with Crippen molar-refractivity contribution in [2.75, 3.05) is 26.8 Å². The summed E-state index contributed by atoms with van der Waals surface area (Å²) in [5, 5.41) is 3.71. The number of halogens is 4. The van der Waals surface area contributed by atoms with E-state index < -0.39 is 11.7 Å². The molecule has 0 amide bonds. The number of ether oxygens (including phenoxy) is 3. The summed E-state index contributed by atoms with van der Waals surface area (Å²) < 4.78 is 53.5. The zero-order valence-corrected chi connectivity index (χ0v) is 14.8. The number of rotatable bonds is 6. The van der Waals surface area contributed by atoms with E-state index in [4.69, 9.17) is 25.8 Å². The molecule has 1 N–H and O–H groups in total. The monoisotopic (exact) mass is 389 g/mol. The van der Waals surface area contributed by atoms with E-state index in [2.05, 4.69) is 15.5 Å². The number of methoxy groups -OCH3 is 3. The topological polar surface area (TPSA) is 65.0 Å². The lowest BCUT2D eigenvalue weighted by atomic mass is 10.2. The molecule has 6 nitrogen and oxygen atoms in total. The van der Waals surface area contributed by atoms with Crippen molar-refractivity contribution in [3.8, 4) is 17.2 Å². The summed E-state index contributed by atoms with van der Waals surface area (Å²) in [4.78, 5) is 3.63. The molecule has 140 valence electrons. The first-order valence-corrected chi connectivity index (χ1v) is 7.50. The number of hydrogen-bond donors (Lipinski definition) is 1. The zero-order valence-electron chi connectivity index (χ0n) is 14.0. The highest BCUT2D eigenvalue weighted by atomic mass is 35.5. The van der Waals surface area contributed by atoms with Crippen molar-refractivity contribution in [1.29, 1.82) is 0 Å². The molecule has 26 heavy (non-hydrogen) atoms. The second-order valence-electron chi connectivity index (χ2n) is 4.85. The largest absolute Gasteiger partial charge is 0.493 e. The number of aromatic nitrogens is 1. The normalized spacial score (nSPS) is 11.5. The van der Waals surface area contributed by atoms with E-state index in [1.165, 1.54) is 27.5 Å². The van der Waals surface area contributed by atoms with Crippen LogP contribution in [0.4, 0.5) is 19.0 Å². The molecule has 0 aliphatic rings. The van der Waals surface area contributed by atoms with Crippen molar-refractivity contribution in [3.63, 3.8) is 0 Å². The van der Waals surface area contributed by atoms with Crippen LogP contribution in [-0.2, 0) is 6.18 Å². The van der Waals surface area contributed by atoms with E-state index in [9.17, 15) is 13.2 Å². The second-order valence-corrected chi connectivity index (χ2v) is 5.25. The van der Waals surface area contributed by atoms with Crippen molar-refractivity contribution in [2.45, 2.75) is 6.18 Å². The summed E-state index contributed by atoms with van der Waals surface area (Å²) in [6, 6.07) is 4.10. The molecule has 0 saturated heterocycles. The number of nitrogens with zero attached hydrogens (tertiary/aromatic N) is 2. The number of benzene rings is 1. The van der Waals surface area contributed by atoms with Crippen LogP contribution < -0.4 is 19.6 Å². The molecular weight excluding hydrogens is 375 g/mol. The van der Waals surface area contributed by atoms with E-state index in [0.29, 0.717) is 29.0 Å². The highest BCUT2D eigenvalue weighted by Gasteiger charge is 2.31. The zero-order chi connectivity index (χ0) is 19.3. The predicted octanol–water partition coefficient (Wildman–Crippen LogP) is 4.23. The maximum atomic E-state index is 12.6. The summed E-state index contributed by atoms with van der Waals surface area (Å²) in [5.41, 5.74) is 2.09. The third kappa shape index (κ3) is 4.29. The number of nitrogens with one attached hydrogen (secondary N) is 1. The van der Waals surface area contributed by atoms with Crippen molar-refractivity contribution in [1.82, 2.24) is 4.98 Å². The molecule has 2 aromatic rings. The third-order valence-electron chi connectivity index (χ3n) is 3.28. The summed E-state index contributed by atoms with van der Waals surface area (Å²) in [7, 11) is 4.41. The van der Waals surface area contributed by atoms with E-state index in [1.807, 2.05) is 0 Å². The minimum Gasteiger partial charge on any atom is -0.493 e. The number of hydrogen-bond acceptors (Lipinski definition) is 6. The number of hydrazone groups is 1. The first-order valence-electron chi connectivity index (χ1n) is 7.12. The Balaban J connectivity index is 2.24. The molecule has 0 fully saturated rings. The smallest absolute Gasteiger partial charge is 0.417 e. The van der Waals surface area contributed by atoms with E-state index in [1.54, 1.807) is 12.1 Å². The molecule has 0 radical (unpaired) electrons. The Morgan fingerprint density at radius 2 is 1.81 bits per heavy atom. The van der Waals surface area contributed by atoms with Crippen LogP contribution >= 0.6 is 11.6 Å². The Kier molecular flexibility index (Phi) is 6.14. The number of anilines is 1. The van der Waals surface area contributed by atoms with E-state index >= 15 is 0 Å². The fraction of sp³-hybridized carbons (Fsp3) is 0.250. The van der Waals surface area contributed by atoms with Gasteiger partial charge in [0.1, 0.15) is 0 Å². The van der Waals surface area contributed by atoms with Crippen molar-refractivity contribution < 1.29 is 27.4 Å². The first-order chi connectivity index (χ1) is 12.3. The van der Waals surface area contributed by atoms with Crippen molar-refractivity contribution in [3.05, 3.63) is 40.5 Å². The van der Waals surface area contributed by atoms with E-state index in [-0.39, 0.29) is 10.8 Å². The van der Waals surface area contributed by atoms with Crippen LogP contribution in [0, 0.1) is 0 Å². The molecule has 1 heterocycles. The molecule has 10 heteroatoms. The molecule has 0 unspecified atom stereocenters. The summed E-state index contributed by atoms with van der Waals surface area (Å²) in [5.74, 6) is 1.21.